The fourth-order valence-corrected chi connectivity index (χ4v) is 1.95. The summed E-state index contributed by atoms with van der Waals surface area (Å²) in [4.78, 5) is 0. The summed E-state index contributed by atoms with van der Waals surface area (Å²) in [7, 11) is 1.91. The van der Waals surface area contributed by atoms with Gasteiger partial charge in [0.1, 0.15) is 0 Å². The second-order valence-electron chi connectivity index (χ2n) is 4.34. The molecule has 1 N–H and O–H groups in total. The molecular formula is C12H24N4. The minimum absolute atomic E-state index is 0.549. The first kappa shape index (κ1) is 13.2. The van der Waals surface area contributed by atoms with Gasteiger partial charge in [-0.1, -0.05) is 38.3 Å². The molecule has 0 spiro atoms. The first-order valence-corrected chi connectivity index (χ1v) is 6.34. The molecule has 1 atom stereocenters. The van der Waals surface area contributed by atoms with Crippen molar-refractivity contribution in [2.45, 2.75) is 52.0 Å². The maximum Gasteiger partial charge on any atom is 0.0842 e. The van der Waals surface area contributed by atoms with Gasteiger partial charge in [-0.15, -0.1) is 5.10 Å². The number of nitrogens with one attached hydrogen (secondary N) is 1. The van der Waals surface area contributed by atoms with Crippen LogP contribution in [-0.2, 0) is 13.5 Å². The number of likely N-dealkylation sites (N-methyl/N-ethyl adjacent to an activating group) is 1. The highest BCUT2D eigenvalue weighted by Gasteiger charge is 2.10. The third-order valence-corrected chi connectivity index (χ3v) is 2.75. The van der Waals surface area contributed by atoms with Crippen molar-refractivity contribution in [3.8, 4) is 0 Å². The fourth-order valence-electron chi connectivity index (χ4n) is 1.95. The lowest BCUT2D eigenvalue weighted by Gasteiger charge is -2.16. The third kappa shape index (κ3) is 4.75. The van der Waals surface area contributed by atoms with Gasteiger partial charge >= 0.3 is 0 Å². The van der Waals surface area contributed by atoms with Gasteiger partial charge < -0.3 is 5.32 Å². The van der Waals surface area contributed by atoms with Gasteiger partial charge in [0.15, 0.2) is 0 Å². The average Bonchev–Trinajstić information content (AvgIpc) is 2.65. The zero-order valence-corrected chi connectivity index (χ0v) is 10.7. The Morgan fingerprint density at radius 3 is 2.75 bits per heavy atom. The van der Waals surface area contributed by atoms with Gasteiger partial charge in [-0.25, -0.2) is 0 Å². The number of nitrogens with zero attached hydrogens (tertiary/aromatic N) is 3. The van der Waals surface area contributed by atoms with Crippen LogP contribution in [0.4, 0.5) is 0 Å². The van der Waals surface area contributed by atoms with E-state index in [9.17, 15) is 0 Å². The van der Waals surface area contributed by atoms with Crippen LogP contribution in [0, 0.1) is 0 Å². The number of unbranched alkanes of at least 4 members (excludes halogenated alkanes) is 2. The number of hydrogen-bond acceptors (Lipinski definition) is 3. The van der Waals surface area contributed by atoms with Gasteiger partial charge in [-0.2, -0.15) is 0 Å². The smallest absolute Gasteiger partial charge is 0.0842 e. The van der Waals surface area contributed by atoms with Crippen molar-refractivity contribution in [2.24, 2.45) is 7.05 Å². The van der Waals surface area contributed by atoms with E-state index in [1.807, 2.05) is 13.2 Å². The first-order valence-electron chi connectivity index (χ1n) is 6.34. The van der Waals surface area contributed by atoms with Crippen molar-refractivity contribution >= 4 is 0 Å². The van der Waals surface area contributed by atoms with E-state index < -0.39 is 0 Å². The predicted molar refractivity (Wildman–Crippen MR) is 66.3 cm³/mol. The molecule has 1 heterocycles. The zero-order chi connectivity index (χ0) is 11.8. The molecule has 0 aliphatic carbocycles. The van der Waals surface area contributed by atoms with E-state index >= 15 is 0 Å². The first-order chi connectivity index (χ1) is 7.76. The number of aromatic nitrogens is 3. The summed E-state index contributed by atoms with van der Waals surface area (Å²) in [6, 6.07) is 0.549. The van der Waals surface area contributed by atoms with Crippen molar-refractivity contribution in [1.29, 1.82) is 0 Å². The molecule has 0 aliphatic heterocycles. The standard InChI is InChI=1S/C12H24N4/c1-4-6-7-8-11(13-5-2)9-12-10-16(3)15-14-12/h10-11,13H,4-9H2,1-3H3. The topological polar surface area (TPSA) is 42.7 Å². The van der Waals surface area contributed by atoms with Crippen LogP contribution in [0.1, 0.15) is 45.2 Å². The Morgan fingerprint density at radius 1 is 1.38 bits per heavy atom. The van der Waals surface area contributed by atoms with E-state index in [4.69, 9.17) is 0 Å². The molecule has 16 heavy (non-hydrogen) atoms. The molecule has 4 heteroatoms. The summed E-state index contributed by atoms with van der Waals surface area (Å²) >= 11 is 0. The van der Waals surface area contributed by atoms with Crippen LogP contribution < -0.4 is 5.32 Å². The minimum Gasteiger partial charge on any atom is -0.314 e. The van der Waals surface area contributed by atoms with Gasteiger partial charge in [0, 0.05) is 25.7 Å². The van der Waals surface area contributed by atoms with Gasteiger partial charge in [0.25, 0.3) is 0 Å². The van der Waals surface area contributed by atoms with Crippen LogP contribution in [-0.4, -0.2) is 27.6 Å². The molecule has 1 unspecified atom stereocenters. The van der Waals surface area contributed by atoms with Gasteiger partial charge in [0.2, 0.25) is 0 Å². The molecule has 0 amide bonds. The largest absolute Gasteiger partial charge is 0.314 e. The molecular weight excluding hydrogens is 200 g/mol. The lowest BCUT2D eigenvalue weighted by atomic mass is 10.0. The normalized spacial score (nSPS) is 12.9. The van der Waals surface area contributed by atoms with Crippen molar-refractivity contribution < 1.29 is 0 Å². The Hall–Kier alpha value is -0.900. The Bertz CT molecular complexity index is 282. The van der Waals surface area contributed by atoms with Crippen LogP contribution in [0.15, 0.2) is 6.20 Å². The number of aryl methyl sites for hydroxylation is 1. The molecule has 0 aromatic carbocycles. The Morgan fingerprint density at radius 2 is 2.19 bits per heavy atom. The highest BCUT2D eigenvalue weighted by molar-refractivity contribution is 4.95. The maximum absolute atomic E-state index is 4.14. The molecule has 1 rings (SSSR count). The van der Waals surface area contributed by atoms with Crippen LogP contribution >= 0.6 is 0 Å². The zero-order valence-electron chi connectivity index (χ0n) is 10.7. The van der Waals surface area contributed by atoms with Gasteiger partial charge in [-0.05, 0) is 13.0 Å². The quantitative estimate of drug-likeness (QED) is 0.686. The lowest BCUT2D eigenvalue weighted by Crippen LogP contribution is -2.31. The van der Waals surface area contributed by atoms with E-state index in [-0.39, 0.29) is 0 Å². The van der Waals surface area contributed by atoms with E-state index in [0.717, 1.165) is 18.7 Å². The summed E-state index contributed by atoms with van der Waals surface area (Å²) in [6.45, 7) is 5.42. The third-order valence-electron chi connectivity index (χ3n) is 2.75. The average molecular weight is 224 g/mol. The van der Waals surface area contributed by atoms with Gasteiger partial charge in [0.05, 0.1) is 5.69 Å². The van der Waals surface area contributed by atoms with Crippen molar-refractivity contribution in [2.75, 3.05) is 6.54 Å². The summed E-state index contributed by atoms with van der Waals surface area (Å²) in [5.41, 5.74) is 1.09. The SMILES string of the molecule is CCCCCC(Cc1cn(C)nn1)NCC. The Kier molecular flexibility index (Phi) is 6.08. The van der Waals surface area contributed by atoms with E-state index in [0.29, 0.717) is 6.04 Å². The summed E-state index contributed by atoms with van der Waals surface area (Å²) < 4.78 is 1.77. The molecule has 0 saturated heterocycles. The van der Waals surface area contributed by atoms with E-state index in [2.05, 4.69) is 29.5 Å². The van der Waals surface area contributed by atoms with E-state index in [1.54, 1.807) is 4.68 Å². The monoisotopic (exact) mass is 224 g/mol. The summed E-state index contributed by atoms with van der Waals surface area (Å²) in [6.07, 6.45) is 8.13. The highest BCUT2D eigenvalue weighted by Crippen LogP contribution is 2.08. The molecule has 0 saturated carbocycles. The summed E-state index contributed by atoms with van der Waals surface area (Å²) in [5.74, 6) is 0. The van der Waals surface area contributed by atoms with Crippen LogP contribution in [0.25, 0.3) is 0 Å². The Labute approximate surface area is 98.4 Å². The van der Waals surface area contributed by atoms with E-state index in [1.165, 1.54) is 25.7 Å². The second-order valence-corrected chi connectivity index (χ2v) is 4.34. The molecule has 0 aliphatic rings. The molecule has 0 bridgehead atoms. The maximum atomic E-state index is 4.14. The van der Waals surface area contributed by atoms with Crippen molar-refractivity contribution in [3.05, 3.63) is 11.9 Å². The van der Waals surface area contributed by atoms with Crippen molar-refractivity contribution in [1.82, 2.24) is 20.3 Å². The number of rotatable bonds is 8. The summed E-state index contributed by atoms with van der Waals surface area (Å²) in [5, 5.41) is 11.6. The van der Waals surface area contributed by atoms with Gasteiger partial charge in [-0.3, -0.25) is 4.68 Å². The molecule has 1 aromatic heterocycles. The fraction of sp³-hybridized carbons (Fsp3) is 0.833. The molecule has 0 fully saturated rings. The minimum atomic E-state index is 0.549. The Balaban J connectivity index is 2.37. The highest BCUT2D eigenvalue weighted by atomic mass is 15.4. The second kappa shape index (κ2) is 7.39. The van der Waals surface area contributed by atoms with Crippen LogP contribution in [0.2, 0.25) is 0 Å². The molecule has 92 valence electrons. The van der Waals surface area contributed by atoms with Crippen LogP contribution in [0.3, 0.4) is 0 Å². The molecule has 0 radical (unpaired) electrons. The predicted octanol–water partition coefficient (Wildman–Crippen LogP) is 1.92. The lowest BCUT2D eigenvalue weighted by molar-refractivity contribution is 0.463. The number of hydrogen-bond donors (Lipinski definition) is 1. The molecule has 4 nitrogen and oxygen atoms in total. The molecule has 1 aromatic rings. The van der Waals surface area contributed by atoms with Crippen LogP contribution in [0.5, 0.6) is 0 Å². The van der Waals surface area contributed by atoms with Crippen molar-refractivity contribution in [3.63, 3.8) is 0 Å².